The van der Waals surface area contributed by atoms with Crippen LogP contribution in [0.4, 0.5) is 10.1 Å². The molecule has 1 aromatic rings. The summed E-state index contributed by atoms with van der Waals surface area (Å²) in [5, 5.41) is 2.77. The second-order valence-electron chi connectivity index (χ2n) is 3.99. The van der Waals surface area contributed by atoms with Crippen LogP contribution in [-0.4, -0.2) is 18.6 Å². The molecule has 6 heteroatoms. The first kappa shape index (κ1) is 15.4. The zero-order valence-corrected chi connectivity index (χ0v) is 12.7. The Labute approximate surface area is 119 Å². The molecule has 1 N–H and O–H groups in total. The van der Waals surface area contributed by atoms with Crippen LogP contribution < -0.4 is 5.32 Å². The second kappa shape index (κ2) is 5.99. The largest absolute Gasteiger partial charge is 0.369 e. The standard InChI is InChI=1S/C12H14BrClFNO2/c1-4-12(2,18-3)11(17)16-10-8(13)5-7(15)6-9(10)14/h5-6H,4H2,1-3H3,(H,16,17). The van der Waals surface area contributed by atoms with Crippen LogP contribution in [-0.2, 0) is 9.53 Å². The average molecular weight is 339 g/mol. The third kappa shape index (κ3) is 3.22. The lowest BCUT2D eigenvalue weighted by atomic mass is 10.0. The highest BCUT2D eigenvalue weighted by molar-refractivity contribution is 9.10. The van der Waals surface area contributed by atoms with E-state index in [9.17, 15) is 9.18 Å². The SMILES string of the molecule is CCC(C)(OC)C(=O)Nc1c(Cl)cc(F)cc1Br. The number of rotatable bonds is 4. The Morgan fingerprint density at radius 2 is 2.22 bits per heavy atom. The summed E-state index contributed by atoms with van der Waals surface area (Å²) in [5.41, 5.74) is -0.614. The molecule has 0 fully saturated rings. The van der Waals surface area contributed by atoms with E-state index in [4.69, 9.17) is 16.3 Å². The molecule has 0 saturated carbocycles. The number of hydrogen-bond acceptors (Lipinski definition) is 2. The molecule has 1 unspecified atom stereocenters. The maximum Gasteiger partial charge on any atom is 0.256 e. The van der Waals surface area contributed by atoms with Gasteiger partial charge in [-0.25, -0.2) is 4.39 Å². The van der Waals surface area contributed by atoms with Crippen LogP contribution in [0.15, 0.2) is 16.6 Å². The minimum atomic E-state index is -0.947. The summed E-state index contributed by atoms with van der Waals surface area (Å²) in [6.07, 6.45) is 0.506. The number of halogens is 3. The van der Waals surface area contributed by atoms with E-state index in [1.54, 1.807) is 6.92 Å². The molecule has 3 nitrogen and oxygen atoms in total. The molecule has 1 aromatic carbocycles. The van der Waals surface area contributed by atoms with E-state index in [-0.39, 0.29) is 10.9 Å². The van der Waals surface area contributed by atoms with Gasteiger partial charge in [0.2, 0.25) is 0 Å². The van der Waals surface area contributed by atoms with Gasteiger partial charge in [0.1, 0.15) is 11.4 Å². The fourth-order valence-electron chi connectivity index (χ4n) is 1.30. The van der Waals surface area contributed by atoms with E-state index in [0.29, 0.717) is 16.6 Å². The number of methoxy groups -OCH3 is 1. The fourth-order valence-corrected chi connectivity index (χ4v) is 2.20. The van der Waals surface area contributed by atoms with E-state index < -0.39 is 11.4 Å². The van der Waals surface area contributed by atoms with Crippen molar-refractivity contribution in [2.24, 2.45) is 0 Å². The van der Waals surface area contributed by atoms with Gasteiger partial charge in [0.25, 0.3) is 5.91 Å². The number of benzene rings is 1. The summed E-state index contributed by atoms with van der Waals surface area (Å²) in [5.74, 6) is -0.809. The number of ether oxygens (including phenoxy) is 1. The summed E-state index contributed by atoms with van der Waals surface area (Å²) in [6, 6.07) is 2.37. The Morgan fingerprint density at radius 3 is 2.67 bits per heavy atom. The highest BCUT2D eigenvalue weighted by atomic mass is 79.9. The average Bonchev–Trinajstić information content (AvgIpc) is 2.32. The van der Waals surface area contributed by atoms with Crippen molar-refractivity contribution in [3.8, 4) is 0 Å². The summed E-state index contributed by atoms with van der Waals surface area (Å²) < 4.78 is 18.6. The summed E-state index contributed by atoms with van der Waals surface area (Å²) in [4.78, 5) is 12.1. The predicted octanol–water partition coefficient (Wildman–Crippen LogP) is 4.00. The third-order valence-electron chi connectivity index (χ3n) is 2.85. The number of hydrogen-bond donors (Lipinski definition) is 1. The molecule has 1 atom stereocenters. The Balaban J connectivity index is 3.02. The number of carbonyl (C=O) groups excluding carboxylic acids is 1. The fraction of sp³-hybridized carbons (Fsp3) is 0.417. The van der Waals surface area contributed by atoms with Crippen LogP contribution in [0.2, 0.25) is 5.02 Å². The Kier molecular flexibility index (Phi) is 5.13. The zero-order chi connectivity index (χ0) is 13.9. The highest BCUT2D eigenvalue weighted by Gasteiger charge is 2.31. The minimum Gasteiger partial charge on any atom is -0.369 e. The van der Waals surface area contributed by atoms with Gasteiger partial charge in [0.05, 0.1) is 10.7 Å². The van der Waals surface area contributed by atoms with Crippen LogP contribution >= 0.6 is 27.5 Å². The third-order valence-corrected chi connectivity index (χ3v) is 3.77. The highest BCUT2D eigenvalue weighted by Crippen LogP contribution is 2.32. The molecule has 0 spiro atoms. The number of amides is 1. The Bertz CT molecular complexity index is 440. The molecule has 0 aromatic heterocycles. The molecule has 0 heterocycles. The molecule has 0 aliphatic rings. The van der Waals surface area contributed by atoms with Gasteiger partial charge in [0, 0.05) is 11.6 Å². The molecular formula is C12H14BrClFNO2. The number of anilines is 1. The molecule has 18 heavy (non-hydrogen) atoms. The number of nitrogens with one attached hydrogen (secondary N) is 1. The second-order valence-corrected chi connectivity index (χ2v) is 5.25. The lowest BCUT2D eigenvalue weighted by Gasteiger charge is -2.25. The van der Waals surface area contributed by atoms with E-state index in [2.05, 4.69) is 21.2 Å². The summed E-state index contributed by atoms with van der Waals surface area (Å²) in [6.45, 7) is 3.51. The van der Waals surface area contributed by atoms with Crippen molar-refractivity contribution in [3.05, 3.63) is 27.4 Å². The summed E-state index contributed by atoms with van der Waals surface area (Å²) in [7, 11) is 1.46. The quantitative estimate of drug-likeness (QED) is 0.901. The van der Waals surface area contributed by atoms with Gasteiger partial charge in [-0.15, -0.1) is 0 Å². The molecule has 0 radical (unpaired) electrons. The first-order chi connectivity index (χ1) is 8.34. The van der Waals surface area contributed by atoms with Gasteiger partial charge < -0.3 is 10.1 Å². The van der Waals surface area contributed by atoms with Crippen LogP contribution in [0.3, 0.4) is 0 Å². The molecule has 1 rings (SSSR count). The van der Waals surface area contributed by atoms with Gasteiger partial charge in [-0.3, -0.25) is 4.79 Å². The van der Waals surface area contributed by atoms with Gasteiger partial charge in [-0.1, -0.05) is 18.5 Å². The van der Waals surface area contributed by atoms with Crippen molar-refractivity contribution < 1.29 is 13.9 Å². The first-order valence-corrected chi connectivity index (χ1v) is 6.52. The lowest BCUT2D eigenvalue weighted by molar-refractivity contribution is -0.136. The first-order valence-electron chi connectivity index (χ1n) is 5.35. The molecule has 100 valence electrons. The molecule has 0 aliphatic carbocycles. The maximum absolute atomic E-state index is 13.1. The molecule has 0 bridgehead atoms. The van der Waals surface area contributed by atoms with Crippen molar-refractivity contribution >= 4 is 39.1 Å². The normalized spacial score (nSPS) is 14.1. The van der Waals surface area contributed by atoms with Crippen molar-refractivity contribution in [1.82, 2.24) is 0 Å². The van der Waals surface area contributed by atoms with Crippen molar-refractivity contribution in [1.29, 1.82) is 0 Å². The Morgan fingerprint density at radius 1 is 1.61 bits per heavy atom. The van der Waals surface area contributed by atoms with Crippen LogP contribution in [0.25, 0.3) is 0 Å². The smallest absolute Gasteiger partial charge is 0.256 e. The maximum atomic E-state index is 13.1. The number of carbonyl (C=O) groups is 1. The van der Waals surface area contributed by atoms with Crippen LogP contribution in [0, 0.1) is 5.82 Å². The molecule has 0 aliphatic heterocycles. The predicted molar refractivity (Wildman–Crippen MR) is 73.4 cm³/mol. The van der Waals surface area contributed by atoms with Gasteiger partial charge in [-0.05, 0) is 41.4 Å². The van der Waals surface area contributed by atoms with E-state index in [1.807, 2.05) is 6.92 Å². The van der Waals surface area contributed by atoms with Crippen molar-refractivity contribution in [2.45, 2.75) is 25.9 Å². The molecular weight excluding hydrogens is 324 g/mol. The van der Waals surface area contributed by atoms with Gasteiger partial charge >= 0.3 is 0 Å². The van der Waals surface area contributed by atoms with E-state index >= 15 is 0 Å². The van der Waals surface area contributed by atoms with Gasteiger partial charge in [0.15, 0.2) is 0 Å². The van der Waals surface area contributed by atoms with E-state index in [1.165, 1.54) is 13.2 Å². The molecule has 1 amide bonds. The Hall–Kier alpha value is -0.650. The minimum absolute atomic E-state index is 0.129. The lowest BCUT2D eigenvalue weighted by Crippen LogP contribution is -2.41. The van der Waals surface area contributed by atoms with Crippen molar-refractivity contribution in [3.63, 3.8) is 0 Å². The zero-order valence-electron chi connectivity index (χ0n) is 10.3. The van der Waals surface area contributed by atoms with Crippen LogP contribution in [0.1, 0.15) is 20.3 Å². The topological polar surface area (TPSA) is 38.3 Å². The monoisotopic (exact) mass is 337 g/mol. The van der Waals surface area contributed by atoms with Crippen molar-refractivity contribution in [2.75, 3.05) is 12.4 Å². The summed E-state index contributed by atoms with van der Waals surface area (Å²) >= 11 is 9.05. The van der Waals surface area contributed by atoms with E-state index in [0.717, 1.165) is 6.07 Å². The van der Waals surface area contributed by atoms with Gasteiger partial charge in [-0.2, -0.15) is 0 Å². The molecule has 0 saturated heterocycles. The van der Waals surface area contributed by atoms with Crippen LogP contribution in [0.5, 0.6) is 0 Å².